The standard InChI is InChI=1S/C12H12Cl2O3/c1-11(12(2,17-11)10(15)16-3)7-4-5-8(13)9(14)6-7/h4-6H,1-3H3. The molecule has 1 heterocycles. The number of methoxy groups -OCH3 is 1. The molecule has 0 aromatic heterocycles. The van der Waals surface area contributed by atoms with Gasteiger partial charge in [-0.1, -0.05) is 29.3 Å². The van der Waals surface area contributed by atoms with E-state index in [1.165, 1.54) is 7.11 Å². The van der Waals surface area contributed by atoms with Gasteiger partial charge in [0, 0.05) is 0 Å². The van der Waals surface area contributed by atoms with Gasteiger partial charge < -0.3 is 9.47 Å². The summed E-state index contributed by atoms with van der Waals surface area (Å²) in [5, 5.41) is 0.910. The number of carbonyl (C=O) groups excluding carboxylic acids is 1. The molecule has 5 heteroatoms. The Balaban J connectivity index is 2.36. The van der Waals surface area contributed by atoms with Crippen LogP contribution in [0.4, 0.5) is 0 Å². The van der Waals surface area contributed by atoms with Crippen molar-refractivity contribution >= 4 is 29.2 Å². The molecule has 0 saturated carbocycles. The molecule has 1 aromatic carbocycles. The van der Waals surface area contributed by atoms with Crippen molar-refractivity contribution in [3.63, 3.8) is 0 Å². The van der Waals surface area contributed by atoms with E-state index in [-0.39, 0.29) is 0 Å². The first-order valence-corrected chi connectivity index (χ1v) is 5.85. The second-order valence-corrected chi connectivity index (χ2v) is 5.10. The highest BCUT2D eigenvalue weighted by Crippen LogP contribution is 2.56. The molecule has 0 aliphatic carbocycles. The van der Waals surface area contributed by atoms with Crippen LogP contribution in [-0.2, 0) is 19.9 Å². The van der Waals surface area contributed by atoms with Crippen LogP contribution in [0.25, 0.3) is 0 Å². The average molecular weight is 275 g/mol. The van der Waals surface area contributed by atoms with Crippen molar-refractivity contribution in [3.8, 4) is 0 Å². The summed E-state index contributed by atoms with van der Waals surface area (Å²) < 4.78 is 10.3. The molecule has 1 aliphatic rings. The summed E-state index contributed by atoms with van der Waals surface area (Å²) in [6.45, 7) is 3.52. The fourth-order valence-corrected chi connectivity index (χ4v) is 2.24. The Morgan fingerprint density at radius 1 is 1.29 bits per heavy atom. The van der Waals surface area contributed by atoms with Crippen molar-refractivity contribution in [1.82, 2.24) is 0 Å². The molecule has 2 unspecified atom stereocenters. The third-order valence-corrected chi connectivity index (χ3v) is 4.06. The van der Waals surface area contributed by atoms with Crippen molar-refractivity contribution in [3.05, 3.63) is 33.8 Å². The summed E-state index contributed by atoms with van der Waals surface area (Å²) >= 11 is 11.8. The molecule has 0 spiro atoms. The summed E-state index contributed by atoms with van der Waals surface area (Å²) in [5.41, 5.74) is -0.868. The Bertz CT molecular complexity index is 489. The molecular formula is C12H12Cl2O3. The van der Waals surface area contributed by atoms with Crippen LogP contribution < -0.4 is 0 Å². The number of halogens is 2. The minimum absolute atomic E-state index is 0.397. The number of ether oxygens (including phenoxy) is 2. The molecule has 0 amide bonds. The fourth-order valence-electron chi connectivity index (χ4n) is 1.94. The Morgan fingerprint density at radius 3 is 2.47 bits per heavy atom. The lowest BCUT2D eigenvalue weighted by atomic mass is 9.89. The van der Waals surface area contributed by atoms with Gasteiger partial charge in [0.15, 0.2) is 5.60 Å². The Labute approximate surface area is 110 Å². The summed E-state index contributed by atoms with van der Waals surface area (Å²) in [6, 6.07) is 5.18. The van der Waals surface area contributed by atoms with Crippen molar-refractivity contribution in [2.45, 2.75) is 25.0 Å². The zero-order valence-corrected chi connectivity index (χ0v) is 11.2. The Morgan fingerprint density at radius 2 is 1.94 bits per heavy atom. The lowest BCUT2D eigenvalue weighted by Gasteiger charge is -2.11. The van der Waals surface area contributed by atoms with E-state index in [0.29, 0.717) is 10.0 Å². The van der Waals surface area contributed by atoms with E-state index in [1.54, 1.807) is 25.1 Å². The number of benzene rings is 1. The number of hydrogen-bond acceptors (Lipinski definition) is 3. The van der Waals surface area contributed by atoms with E-state index in [2.05, 4.69) is 0 Å². The number of hydrogen-bond donors (Lipinski definition) is 0. The highest BCUT2D eigenvalue weighted by Gasteiger charge is 2.70. The first-order valence-electron chi connectivity index (χ1n) is 5.09. The molecule has 3 nitrogen and oxygen atoms in total. The average Bonchev–Trinajstić information content (AvgIpc) is 2.87. The Hall–Kier alpha value is -0.770. The first-order chi connectivity index (χ1) is 7.85. The number of epoxide rings is 1. The van der Waals surface area contributed by atoms with Crippen LogP contribution in [0, 0.1) is 0 Å². The molecule has 1 aliphatic heterocycles. The predicted molar refractivity (Wildman–Crippen MR) is 65.3 cm³/mol. The van der Waals surface area contributed by atoms with Gasteiger partial charge in [-0.05, 0) is 31.5 Å². The fraction of sp³-hybridized carbons (Fsp3) is 0.417. The van der Waals surface area contributed by atoms with Crippen LogP contribution in [0.15, 0.2) is 18.2 Å². The largest absolute Gasteiger partial charge is 0.467 e. The maximum atomic E-state index is 11.6. The van der Waals surface area contributed by atoms with Crippen molar-refractivity contribution in [2.24, 2.45) is 0 Å². The first kappa shape index (κ1) is 12.7. The SMILES string of the molecule is COC(=O)C1(C)OC1(C)c1ccc(Cl)c(Cl)c1. The van der Waals surface area contributed by atoms with E-state index in [0.717, 1.165) is 5.56 Å². The second kappa shape index (κ2) is 3.87. The zero-order valence-electron chi connectivity index (χ0n) is 9.71. The molecule has 2 rings (SSSR count). The highest BCUT2D eigenvalue weighted by molar-refractivity contribution is 6.42. The van der Waals surface area contributed by atoms with Crippen LogP contribution in [0.1, 0.15) is 19.4 Å². The molecule has 0 N–H and O–H groups in total. The maximum absolute atomic E-state index is 11.6. The van der Waals surface area contributed by atoms with Crippen LogP contribution in [0.5, 0.6) is 0 Å². The van der Waals surface area contributed by atoms with E-state index >= 15 is 0 Å². The molecule has 92 valence electrons. The highest BCUT2D eigenvalue weighted by atomic mass is 35.5. The smallest absolute Gasteiger partial charge is 0.341 e. The van der Waals surface area contributed by atoms with Gasteiger partial charge >= 0.3 is 5.97 Å². The van der Waals surface area contributed by atoms with Gasteiger partial charge in [-0.25, -0.2) is 4.79 Å². The van der Waals surface area contributed by atoms with Gasteiger partial charge in [0.1, 0.15) is 5.60 Å². The molecule has 2 atom stereocenters. The maximum Gasteiger partial charge on any atom is 0.341 e. The van der Waals surface area contributed by atoms with Gasteiger partial charge in [-0.3, -0.25) is 0 Å². The lowest BCUT2D eigenvalue weighted by Crippen LogP contribution is -2.29. The molecule has 0 radical (unpaired) electrons. The topological polar surface area (TPSA) is 38.8 Å². The quantitative estimate of drug-likeness (QED) is 0.614. The van der Waals surface area contributed by atoms with Gasteiger partial charge in [0.2, 0.25) is 0 Å². The normalized spacial score (nSPS) is 31.1. The van der Waals surface area contributed by atoms with E-state index in [4.69, 9.17) is 32.7 Å². The minimum atomic E-state index is -0.959. The molecule has 1 fully saturated rings. The monoisotopic (exact) mass is 274 g/mol. The second-order valence-electron chi connectivity index (χ2n) is 4.29. The van der Waals surface area contributed by atoms with Crippen molar-refractivity contribution in [2.75, 3.05) is 7.11 Å². The van der Waals surface area contributed by atoms with Gasteiger partial charge in [0.25, 0.3) is 0 Å². The van der Waals surface area contributed by atoms with E-state index < -0.39 is 17.2 Å². The third kappa shape index (κ3) is 1.73. The Kier molecular flexibility index (Phi) is 2.89. The van der Waals surface area contributed by atoms with Gasteiger partial charge in [-0.2, -0.15) is 0 Å². The molecule has 1 saturated heterocycles. The molecular weight excluding hydrogens is 263 g/mol. The summed E-state index contributed by atoms with van der Waals surface area (Å²) in [7, 11) is 1.34. The van der Waals surface area contributed by atoms with Crippen LogP contribution in [0.3, 0.4) is 0 Å². The van der Waals surface area contributed by atoms with Crippen LogP contribution >= 0.6 is 23.2 Å². The van der Waals surface area contributed by atoms with Crippen molar-refractivity contribution < 1.29 is 14.3 Å². The predicted octanol–water partition coefficient (Wildman–Crippen LogP) is 3.17. The number of rotatable bonds is 2. The van der Waals surface area contributed by atoms with Crippen molar-refractivity contribution in [1.29, 1.82) is 0 Å². The minimum Gasteiger partial charge on any atom is -0.467 e. The van der Waals surface area contributed by atoms with Gasteiger partial charge in [0.05, 0.1) is 17.2 Å². The summed E-state index contributed by atoms with van der Waals surface area (Å²) in [5.74, 6) is -0.397. The molecule has 0 bridgehead atoms. The number of carbonyl (C=O) groups is 1. The number of esters is 1. The molecule has 17 heavy (non-hydrogen) atoms. The third-order valence-electron chi connectivity index (χ3n) is 3.32. The molecule has 1 aromatic rings. The van der Waals surface area contributed by atoms with Gasteiger partial charge in [-0.15, -0.1) is 0 Å². The summed E-state index contributed by atoms with van der Waals surface area (Å²) in [4.78, 5) is 11.6. The van der Waals surface area contributed by atoms with Crippen LogP contribution in [0.2, 0.25) is 10.0 Å². The van der Waals surface area contributed by atoms with E-state index in [9.17, 15) is 4.79 Å². The summed E-state index contributed by atoms with van der Waals surface area (Å²) in [6.07, 6.45) is 0. The zero-order chi connectivity index (χ0) is 12.8. The lowest BCUT2D eigenvalue weighted by molar-refractivity contribution is -0.146. The van der Waals surface area contributed by atoms with E-state index in [1.807, 2.05) is 6.92 Å². The van der Waals surface area contributed by atoms with Crippen LogP contribution in [-0.4, -0.2) is 18.7 Å².